The quantitative estimate of drug-likeness (QED) is 0.706. The summed E-state index contributed by atoms with van der Waals surface area (Å²) < 4.78 is 40.4. The average molecular weight is 373 g/mol. The van der Waals surface area contributed by atoms with Gasteiger partial charge in [-0.2, -0.15) is 18.3 Å². The highest BCUT2D eigenvalue weighted by Crippen LogP contribution is 2.33. The molecule has 0 radical (unpaired) electrons. The largest absolute Gasteiger partial charge is 0.435 e. The predicted octanol–water partition coefficient (Wildman–Crippen LogP) is 4.92. The molecule has 0 unspecified atom stereocenters. The van der Waals surface area contributed by atoms with Crippen molar-refractivity contribution in [2.75, 3.05) is 5.32 Å². The first-order valence-electron chi connectivity index (χ1n) is 8.40. The summed E-state index contributed by atoms with van der Waals surface area (Å²) in [5.74, 6) is -0.850. The van der Waals surface area contributed by atoms with Gasteiger partial charge in [-0.15, -0.1) is 0 Å². The van der Waals surface area contributed by atoms with E-state index in [4.69, 9.17) is 0 Å². The monoisotopic (exact) mass is 373 g/mol. The van der Waals surface area contributed by atoms with Gasteiger partial charge in [0.2, 0.25) is 0 Å². The Morgan fingerprint density at radius 1 is 1.07 bits per heavy atom. The van der Waals surface area contributed by atoms with Gasteiger partial charge < -0.3 is 5.32 Å². The first-order chi connectivity index (χ1) is 12.8. The molecular weight excluding hydrogens is 355 g/mol. The van der Waals surface area contributed by atoms with Gasteiger partial charge in [0.05, 0.1) is 5.56 Å². The van der Waals surface area contributed by atoms with Crippen molar-refractivity contribution in [2.45, 2.75) is 19.5 Å². The van der Waals surface area contributed by atoms with Crippen LogP contribution in [0.5, 0.6) is 0 Å². The van der Waals surface area contributed by atoms with E-state index in [1.807, 2.05) is 43.3 Å². The first kappa shape index (κ1) is 18.7. The number of carbonyl (C=O) groups excluding carboxylic acids is 1. The summed E-state index contributed by atoms with van der Waals surface area (Å²) in [4.78, 5) is 12.6. The number of alkyl halides is 3. The molecule has 1 heterocycles. The molecule has 7 heteroatoms. The fraction of sp³-hybridized carbons (Fsp3) is 0.200. The maximum atomic E-state index is 13.1. The number of para-hydroxylation sites is 1. The number of amides is 1. The Labute approximate surface area is 154 Å². The molecule has 1 N–H and O–H groups in total. The summed E-state index contributed by atoms with van der Waals surface area (Å²) in [7, 11) is 1.34. The Balaban J connectivity index is 2.00. The number of rotatable bonds is 4. The lowest BCUT2D eigenvalue weighted by molar-refractivity contribution is -0.141. The van der Waals surface area contributed by atoms with Gasteiger partial charge in [-0.25, -0.2) is 0 Å². The summed E-state index contributed by atoms with van der Waals surface area (Å²) in [6.07, 6.45) is -2.84. The van der Waals surface area contributed by atoms with Crippen molar-refractivity contribution in [3.8, 4) is 11.1 Å². The van der Waals surface area contributed by atoms with Crippen molar-refractivity contribution in [1.29, 1.82) is 0 Å². The minimum absolute atomic E-state index is 0.445. The smallest absolute Gasteiger partial charge is 0.321 e. The molecule has 0 aliphatic rings. The lowest BCUT2D eigenvalue weighted by atomic mass is 9.96. The van der Waals surface area contributed by atoms with Crippen LogP contribution in [-0.2, 0) is 19.6 Å². The van der Waals surface area contributed by atoms with Crippen LogP contribution in [0.1, 0.15) is 28.5 Å². The van der Waals surface area contributed by atoms with Gasteiger partial charge in [-0.3, -0.25) is 9.48 Å². The Hall–Kier alpha value is -3.09. The highest BCUT2D eigenvalue weighted by molar-refractivity contribution is 6.07. The van der Waals surface area contributed by atoms with Crippen LogP contribution in [0.3, 0.4) is 0 Å². The van der Waals surface area contributed by atoms with Crippen molar-refractivity contribution in [2.24, 2.45) is 7.05 Å². The molecule has 0 aliphatic heterocycles. The van der Waals surface area contributed by atoms with Gasteiger partial charge in [0.25, 0.3) is 5.91 Å². The van der Waals surface area contributed by atoms with E-state index >= 15 is 0 Å². The first-order valence-corrected chi connectivity index (χ1v) is 8.40. The van der Waals surface area contributed by atoms with Gasteiger partial charge in [0.1, 0.15) is 0 Å². The number of nitrogens with zero attached hydrogens (tertiary/aromatic N) is 2. The van der Waals surface area contributed by atoms with Crippen LogP contribution >= 0.6 is 0 Å². The molecule has 140 valence electrons. The highest BCUT2D eigenvalue weighted by atomic mass is 19.4. The van der Waals surface area contributed by atoms with E-state index in [9.17, 15) is 18.0 Å². The summed E-state index contributed by atoms with van der Waals surface area (Å²) >= 11 is 0. The van der Waals surface area contributed by atoms with Crippen molar-refractivity contribution >= 4 is 11.6 Å². The average Bonchev–Trinajstić information content (AvgIpc) is 3.04. The van der Waals surface area contributed by atoms with Crippen molar-refractivity contribution < 1.29 is 18.0 Å². The zero-order valence-electron chi connectivity index (χ0n) is 14.8. The zero-order chi connectivity index (χ0) is 19.6. The normalized spacial score (nSPS) is 11.4. The fourth-order valence-corrected chi connectivity index (χ4v) is 2.97. The van der Waals surface area contributed by atoms with Crippen LogP contribution in [0.15, 0.2) is 54.7 Å². The molecule has 27 heavy (non-hydrogen) atoms. The van der Waals surface area contributed by atoms with Crippen LogP contribution in [0.2, 0.25) is 0 Å². The van der Waals surface area contributed by atoms with Crippen LogP contribution in [-0.4, -0.2) is 15.7 Å². The molecule has 1 aromatic heterocycles. The Morgan fingerprint density at radius 3 is 2.37 bits per heavy atom. The lowest BCUT2D eigenvalue weighted by Gasteiger charge is -2.14. The number of hydrogen-bond donors (Lipinski definition) is 1. The molecule has 3 rings (SSSR count). The standard InChI is InChI=1S/C20H18F3N3O/c1-3-13-8-4-5-9-14(13)15-10-6-7-11-17(15)24-19(27)16-12-26(2)25-18(16)20(21,22)23/h4-12H,3H2,1-2H3,(H,24,27). The molecule has 0 aliphatic carbocycles. The maximum Gasteiger partial charge on any atom is 0.435 e. The zero-order valence-corrected chi connectivity index (χ0v) is 14.8. The van der Waals surface area contributed by atoms with E-state index in [0.717, 1.165) is 34.0 Å². The maximum absolute atomic E-state index is 13.1. The van der Waals surface area contributed by atoms with Gasteiger partial charge in [0.15, 0.2) is 5.69 Å². The van der Waals surface area contributed by atoms with Crippen LogP contribution in [0.4, 0.5) is 18.9 Å². The van der Waals surface area contributed by atoms with Crippen molar-refractivity contribution in [3.63, 3.8) is 0 Å². The molecule has 3 aromatic rings. The lowest BCUT2D eigenvalue weighted by Crippen LogP contribution is -2.18. The summed E-state index contributed by atoms with van der Waals surface area (Å²) in [5.41, 5.74) is 1.49. The SMILES string of the molecule is CCc1ccccc1-c1ccccc1NC(=O)c1cn(C)nc1C(F)(F)F. The van der Waals surface area contributed by atoms with Gasteiger partial charge in [0, 0.05) is 24.5 Å². The van der Waals surface area contributed by atoms with E-state index in [0.29, 0.717) is 5.69 Å². The van der Waals surface area contributed by atoms with E-state index in [-0.39, 0.29) is 0 Å². The van der Waals surface area contributed by atoms with E-state index in [2.05, 4.69) is 10.4 Å². The highest BCUT2D eigenvalue weighted by Gasteiger charge is 2.39. The summed E-state index contributed by atoms with van der Waals surface area (Å²) in [5, 5.41) is 5.99. The van der Waals surface area contributed by atoms with E-state index < -0.39 is 23.3 Å². The minimum Gasteiger partial charge on any atom is -0.321 e. The minimum atomic E-state index is -4.71. The number of benzene rings is 2. The summed E-state index contributed by atoms with van der Waals surface area (Å²) in [6, 6.07) is 14.8. The number of nitrogens with one attached hydrogen (secondary N) is 1. The number of aromatic nitrogens is 2. The molecular formula is C20H18F3N3O. The molecule has 0 fully saturated rings. The second kappa shape index (κ2) is 7.26. The topological polar surface area (TPSA) is 46.9 Å². The second-order valence-electron chi connectivity index (χ2n) is 6.07. The third-order valence-corrected chi connectivity index (χ3v) is 4.21. The van der Waals surface area contributed by atoms with Gasteiger partial charge in [-0.05, 0) is 23.6 Å². The Bertz CT molecular complexity index is 977. The Kier molecular flexibility index (Phi) is 5.03. The Morgan fingerprint density at radius 2 is 1.70 bits per heavy atom. The number of hydrogen-bond acceptors (Lipinski definition) is 2. The molecule has 1 amide bonds. The summed E-state index contributed by atoms with van der Waals surface area (Å²) in [6.45, 7) is 2.02. The molecule has 0 spiro atoms. The van der Waals surface area contributed by atoms with E-state index in [1.54, 1.807) is 12.1 Å². The molecule has 0 saturated carbocycles. The predicted molar refractivity (Wildman–Crippen MR) is 97.4 cm³/mol. The van der Waals surface area contributed by atoms with Crippen molar-refractivity contribution in [1.82, 2.24) is 9.78 Å². The van der Waals surface area contributed by atoms with Crippen molar-refractivity contribution in [3.05, 3.63) is 71.5 Å². The molecule has 4 nitrogen and oxygen atoms in total. The third kappa shape index (κ3) is 3.86. The van der Waals surface area contributed by atoms with Crippen LogP contribution in [0.25, 0.3) is 11.1 Å². The number of anilines is 1. The fourth-order valence-electron chi connectivity index (χ4n) is 2.97. The molecule has 0 saturated heterocycles. The number of aryl methyl sites for hydroxylation is 2. The van der Waals surface area contributed by atoms with Gasteiger partial charge in [-0.1, -0.05) is 49.4 Å². The third-order valence-electron chi connectivity index (χ3n) is 4.21. The van der Waals surface area contributed by atoms with E-state index in [1.165, 1.54) is 7.05 Å². The molecule has 0 bridgehead atoms. The molecule has 2 aromatic carbocycles. The van der Waals surface area contributed by atoms with Crippen LogP contribution in [0, 0.1) is 0 Å². The number of carbonyl (C=O) groups is 1. The van der Waals surface area contributed by atoms with Gasteiger partial charge >= 0.3 is 6.18 Å². The molecule has 0 atom stereocenters. The number of halogens is 3. The second-order valence-corrected chi connectivity index (χ2v) is 6.07. The van der Waals surface area contributed by atoms with Crippen LogP contribution < -0.4 is 5.32 Å².